The summed E-state index contributed by atoms with van der Waals surface area (Å²) in [5.74, 6) is 0. The van der Waals surface area contributed by atoms with Gasteiger partial charge >= 0.3 is 0 Å². The number of para-hydroxylation sites is 1. The van der Waals surface area contributed by atoms with Crippen LogP contribution in [0.15, 0.2) is 58.4 Å². The Morgan fingerprint density at radius 1 is 1.09 bits per heavy atom. The molecule has 0 amide bonds. The molecule has 0 spiro atoms. The quantitative estimate of drug-likeness (QED) is 0.675. The van der Waals surface area contributed by atoms with Gasteiger partial charge in [-0.25, -0.2) is 0 Å². The van der Waals surface area contributed by atoms with Crippen LogP contribution < -0.4 is 5.43 Å². The molecule has 0 N–H and O–H groups in total. The highest BCUT2D eigenvalue weighted by atomic mass is 32.2. The van der Waals surface area contributed by atoms with E-state index in [9.17, 15) is 10.1 Å². The van der Waals surface area contributed by atoms with Crippen molar-refractivity contribution in [3.05, 3.63) is 69.9 Å². The molecule has 0 aliphatic heterocycles. The Balaban J connectivity index is 2.52. The third-order valence-corrected chi connectivity index (χ3v) is 4.40. The fourth-order valence-electron chi connectivity index (χ4n) is 2.56. The number of pyridine rings is 1. The second-order valence-electron chi connectivity index (χ2n) is 5.01. The van der Waals surface area contributed by atoms with Gasteiger partial charge < -0.3 is 4.57 Å². The van der Waals surface area contributed by atoms with Crippen molar-refractivity contribution in [3.63, 3.8) is 0 Å². The summed E-state index contributed by atoms with van der Waals surface area (Å²) < 4.78 is 1.99. The highest BCUT2D eigenvalue weighted by Gasteiger charge is 2.17. The van der Waals surface area contributed by atoms with Crippen LogP contribution in [0.1, 0.15) is 11.1 Å². The molecular formula is C18H14N2OS. The predicted molar refractivity (Wildman–Crippen MR) is 90.8 cm³/mol. The highest BCUT2D eigenvalue weighted by molar-refractivity contribution is 7.98. The van der Waals surface area contributed by atoms with E-state index in [0.717, 1.165) is 11.2 Å². The van der Waals surface area contributed by atoms with E-state index in [1.54, 1.807) is 6.07 Å². The Hall–Kier alpha value is -2.51. The molecule has 0 bridgehead atoms. The Kier molecular flexibility index (Phi) is 3.74. The van der Waals surface area contributed by atoms with Gasteiger partial charge in [-0.2, -0.15) is 5.26 Å². The van der Waals surface area contributed by atoms with Crippen LogP contribution >= 0.6 is 11.8 Å². The summed E-state index contributed by atoms with van der Waals surface area (Å²) in [6.07, 6.45) is 1.88. The molecule has 108 valence electrons. The second-order valence-corrected chi connectivity index (χ2v) is 5.81. The van der Waals surface area contributed by atoms with Crippen LogP contribution in [0.2, 0.25) is 0 Å². The van der Waals surface area contributed by atoms with E-state index < -0.39 is 0 Å². The van der Waals surface area contributed by atoms with Crippen molar-refractivity contribution in [2.75, 3.05) is 6.26 Å². The predicted octanol–water partition coefficient (Wildman–Crippen LogP) is 3.89. The molecule has 22 heavy (non-hydrogen) atoms. The Bertz CT molecular complexity index is 950. The van der Waals surface area contributed by atoms with Crippen molar-refractivity contribution in [2.24, 2.45) is 0 Å². The van der Waals surface area contributed by atoms with E-state index in [0.29, 0.717) is 10.4 Å². The molecule has 3 nitrogen and oxygen atoms in total. The van der Waals surface area contributed by atoms with Gasteiger partial charge in [-0.1, -0.05) is 29.8 Å². The molecule has 1 heterocycles. The highest BCUT2D eigenvalue weighted by Crippen LogP contribution is 2.27. The molecule has 3 rings (SSSR count). The molecule has 0 atom stereocenters. The minimum absolute atomic E-state index is 0.201. The van der Waals surface area contributed by atoms with Gasteiger partial charge in [0, 0.05) is 11.1 Å². The van der Waals surface area contributed by atoms with Crippen LogP contribution in [-0.2, 0) is 0 Å². The van der Waals surface area contributed by atoms with Crippen LogP contribution in [0.3, 0.4) is 0 Å². The number of nitrogens with zero attached hydrogens (tertiary/aromatic N) is 2. The summed E-state index contributed by atoms with van der Waals surface area (Å²) in [4.78, 5) is 12.5. The van der Waals surface area contributed by atoms with Crippen molar-refractivity contribution in [1.29, 1.82) is 5.26 Å². The summed E-state index contributed by atoms with van der Waals surface area (Å²) in [6.45, 7) is 2.03. The van der Waals surface area contributed by atoms with Crippen LogP contribution in [0.4, 0.5) is 0 Å². The Morgan fingerprint density at radius 2 is 1.77 bits per heavy atom. The number of benzene rings is 2. The average Bonchev–Trinajstić information content (AvgIpc) is 2.56. The lowest BCUT2D eigenvalue weighted by atomic mass is 10.1. The number of nitriles is 1. The zero-order valence-electron chi connectivity index (χ0n) is 12.3. The maximum atomic E-state index is 12.5. The van der Waals surface area contributed by atoms with Gasteiger partial charge in [0.25, 0.3) is 0 Å². The van der Waals surface area contributed by atoms with Gasteiger partial charge in [-0.3, -0.25) is 4.79 Å². The zero-order chi connectivity index (χ0) is 15.7. The Morgan fingerprint density at radius 3 is 2.41 bits per heavy atom. The first-order chi connectivity index (χ1) is 10.7. The zero-order valence-corrected chi connectivity index (χ0v) is 13.1. The van der Waals surface area contributed by atoms with Gasteiger partial charge in [0.05, 0.1) is 5.52 Å². The van der Waals surface area contributed by atoms with Crippen molar-refractivity contribution in [3.8, 4) is 11.8 Å². The fraction of sp³-hybridized carbons (Fsp3) is 0.111. The molecule has 4 heteroatoms. The fourth-order valence-corrected chi connectivity index (χ4v) is 3.28. The summed E-state index contributed by atoms with van der Waals surface area (Å²) in [5, 5.41) is 10.7. The molecule has 0 aliphatic rings. The van der Waals surface area contributed by atoms with Crippen molar-refractivity contribution in [1.82, 2.24) is 4.57 Å². The first kappa shape index (κ1) is 14.4. The van der Waals surface area contributed by atoms with Crippen LogP contribution in [0.25, 0.3) is 16.6 Å². The summed E-state index contributed by atoms with van der Waals surface area (Å²) in [7, 11) is 0. The number of thioether (sulfide) groups is 1. The largest absolute Gasteiger partial charge is 0.303 e. The maximum Gasteiger partial charge on any atom is 0.208 e. The molecule has 1 aromatic heterocycles. The molecule has 0 unspecified atom stereocenters. The van der Waals surface area contributed by atoms with Crippen molar-refractivity contribution < 1.29 is 0 Å². The number of hydrogen-bond acceptors (Lipinski definition) is 3. The Labute approximate surface area is 132 Å². The number of fused-ring (bicyclic) bond motifs is 1. The monoisotopic (exact) mass is 306 g/mol. The minimum Gasteiger partial charge on any atom is -0.303 e. The average molecular weight is 306 g/mol. The normalized spacial score (nSPS) is 10.6. The van der Waals surface area contributed by atoms with E-state index in [-0.39, 0.29) is 11.0 Å². The molecule has 3 aromatic rings. The molecule has 0 saturated heterocycles. The molecule has 0 aliphatic carbocycles. The topological polar surface area (TPSA) is 45.8 Å². The smallest absolute Gasteiger partial charge is 0.208 e. The summed E-state index contributed by atoms with van der Waals surface area (Å²) in [6, 6.07) is 17.6. The molecule has 0 radical (unpaired) electrons. The number of rotatable bonds is 2. The van der Waals surface area contributed by atoms with Gasteiger partial charge in [0.15, 0.2) is 0 Å². The van der Waals surface area contributed by atoms with Gasteiger partial charge in [0.1, 0.15) is 16.7 Å². The summed E-state index contributed by atoms with van der Waals surface area (Å²) in [5.41, 5.74) is 2.93. The molecule has 0 fully saturated rings. The number of hydrogen-bond donors (Lipinski definition) is 0. The maximum absolute atomic E-state index is 12.5. The van der Waals surface area contributed by atoms with Crippen molar-refractivity contribution in [2.45, 2.75) is 11.9 Å². The first-order valence-electron chi connectivity index (χ1n) is 6.86. The van der Waals surface area contributed by atoms with Gasteiger partial charge in [-0.15, -0.1) is 11.8 Å². The second kappa shape index (κ2) is 5.70. The van der Waals surface area contributed by atoms with E-state index in [4.69, 9.17) is 0 Å². The SMILES string of the molecule is CSc1c(C#N)c(=O)c2ccccc2n1-c1ccc(C)cc1. The minimum atomic E-state index is -0.203. The van der Waals surface area contributed by atoms with Crippen LogP contribution in [0, 0.1) is 18.3 Å². The molecular weight excluding hydrogens is 292 g/mol. The van der Waals surface area contributed by atoms with E-state index in [1.165, 1.54) is 17.3 Å². The van der Waals surface area contributed by atoms with E-state index >= 15 is 0 Å². The lowest BCUT2D eigenvalue weighted by Gasteiger charge is -2.17. The molecule has 0 saturated carbocycles. The third-order valence-electron chi connectivity index (χ3n) is 3.63. The summed E-state index contributed by atoms with van der Waals surface area (Å²) >= 11 is 1.42. The van der Waals surface area contributed by atoms with Crippen molar-refractivity contribution >= 4 is 22.7 Å². The lowest BCUT2D eigenvalue weighted by molar-refractivity contribution is 0.949. The van der Waals surface area contributed by atoms with E-state index in [1.807, 2.05) is 60.2 Å². The molecule has 2 aromatic carbocycles. The van der Waals surface area contributed by atoms with Crippen LogP contribution in [0.5, 0.6) is 0 Å². The van der Waals surface area contributed by atoms with E-state index in [2.05, 4.69) is 6.07 Å². The number of aromatic nitrogens is 1. The van der Waals surface area contributed by atoms with Crippen LogP contribution in [-0.4, -0.2) is 10.8 Å². The number of aryl methyl sites for hydroxylation is 1. The first-order valence-corrected chi connectivity index (χ1v) is 8.08. The van der Waals surface area contributed by atoms with Gasteiger partial charge in [-0.05, 0) is 37.4 Å². The standard InChI is InChI=1S/C18H14N2OS/c1-12-7-9-13(10-8-12)20-16-6-4-3-5-14(16)17(21)15(11-19)18(20)22-2/h3-10H,1-2H3. The lowest BCUT2D eigenvalue weighted by Crippen LogP contribution is -2.15. The third kappa shape index (κ3) is 2.20. The van der Waals surface area contributed by atoms with Gasteiger partial charge in [0.2, 0.25) is 5.43 Å².